The van der Waals surface area contributed by atoms with Gasteiger partial charge in [0, 0.05) is 25.2 Å². The Bertz CT molecular complexity index is 730. The number of nitrogens with one attached hydrogen (secondary N) is 2. The van der Waals surface area contributed by atoms with Gasteiger partial charge in [-0.3, -0.25) is 19.1 Å². The topological polar surface area (TPSA) is 177 Å². The van der Waals surface area contributed by atoms with E-state index < -0.39 is 47.7 Å². The molecule has 0 bridgehead atoms. The molecule has 1 saturated heterocycles. The third-order valence-electron chi connectivity index (χ3n) is 3.87. The smallest absolute Gasteiger partial charge is 0.330 e. The number of aromatic nitrogens is 2. The Morgan fingerprint density at radius 3 is 2.80 bits per heavy atom. The Hall–Kier alpha value is -2.34. The molecule has 0 radical (unpaired) electrons. The zero-order chi connectivity index (χ0) is 18.6. The van der Waals surface area contributed by atoms with E-state index >= 15 is 0 Å². The molecule has 138 valence electrons. The van der Waals surface area contributed by atoms with Gasteiger partial charge < -0.3 is 30.8 Å². The number of nitrogens with zero attached hydrogens (tertiary/aromatic N) is 1. The van der Waals surface area contributed by atoms with E-state index in [0.717, 1.165) is 16.8 Å². The molecule has 0 saturated carbocycles. The highest BCUT2D eigenvalue weighted by Crippen LogP contribution is 2.27. The Morgan fingerprint density at radius 2 is 2.16 bits per heavy atom. The molecule has 0 aliphatic carbocycles. The standard InChI is InChI=1S/C14H20N4O7/c15-7(2-1-5-19)12(23)16-6-8-10(21)11(22)13(25-8)18-4-3-9(20)17-14(18)24/h3-5,7-8,10-11,13,21-22H,1-2,6,15H2,(H,16,23)(H,17,20,24)/t7-,8+,10+,11+,13+/m0/s1. The van der Waals surface area contributed by atoms with Crippen molar-refractivity contribution in [3.05, 3.63) is 33.1 Å². The van der Waals surface area contributed by atoms with E-state index in [1.165, 1.54) is 0 Å². The fourth-order valence-electron chi connectivity index (χ4n) is 2.47. The lowest BCUT2D eigenvalue weighted by Gasteiger charge is -2.17. The summed E-state index contributed by atoms with van der Waals surface area (Å²) in [5, 5.41) is 22.6. The van der Waals surface area contributed by atoms with Crippen LogP contribution in [-0.4, -0.2) is 62.9 Å². The van der Waals surface area contributed by atoms with Gasteiger partial charge in [0.2, 0.25) is 5.91 Å². The molecule has 5 atom stereocenters. The maximum atomic E-state index is 11.8. The van der Waals surface area contributed by atoms with E-state index in [4.69, 9.17) is 10.5 Å². The van der Waals surface area contributed by atoms with Crippen LogP contribution in [0.5, 0.6) is 0 Å². The summed E-state index contributed by atoms with van der Waals surface area (Å²) in [6, 6.07) is 0.191. The predicted octanol–water partition coefficient (Wildman–Crippen LogP) is -3.42. The largest absolute Gasteiger partial charge is 0.387 e. The number of H-pyrrole nitrogens is 1. The van der Waals surface area contributed by atoms with E-state index in [2.05, 4.69) is 5.32 Å². The zero-order valence-corrected chi connectivity index (χ0v) is 13.2. The first-order chi connectivity index (χ1) is 11.8. The minimum absolute atomic E-state index is 0.146. The minimum atomic E-state index is -1.44. The van der Waals surface area contributed by atoms with Crippen molar-refractivity contribution < 1.29 is 24.5 Å². The molecule has 2 heterocycles. The molecule has 1 aromatic rings. The molecule has 1 aliphatic heterocycles. The van der Waals surface area contributed by atoms with Crippen LogP contribution in [0, 0.1) is 0 Å². The number of amides is 1. The fraction of sp³-hybridized carbons (Fsp3) is 0.571. The highest BCUT2D eigenvalue weighted by Gasteiger charge is 2.44. The second-order valence-electron chi connectivity index (χ2n) is 5.66. The lowest BCUT2D eigenvalue weighted by Crippen LogP contribution is -2.46. The van der Waals surface area contributed by atoms with Gasteiger partial charge in [-0.25, -0.2) is 4.79 Å². The van der Waals surface area contributed by atoms with Crippen molar-refractivity contribution in [1.82, 2.24) is 14.9 Å². The number of aliphatic hydroxyl groups is 2. The summed E-state index contributed by atoms with van der Waals surface area (Å²) in [5.41, 5.74) is 4.19. The third kappa shape index (κ3) is 4.39. The number of hydrogen-bond donors (Lipinski definition) is 5. The van der Waals surface area contributed by atoms with Crippen LogP contribution in [0.1, 0.15) is 19.1 Å². The molecule has 11 heteroatoms. The van der Waals surface area contributed by atoms with Crippen LogP contribution in [0.3, 0.4) is 0 Å². The molecule has 0 unspecified atom stereocenters. The number of aldehydes is 1. The van der Waals surface area contributed by atoms with Crippen molar-refractivity contribution >= 4 is 12.2 Å². The SMILES string of the molecule is N[C@@H](CCC=O)C(=O)NC[C@H]1O[C@@H](n2ccc(=O)[nH]c2=O)[C@H](O)[C@@H]1O. The van der Waals surface area contributed by atoms with Crippen molar-refractivity contribution in [1.29, 1.82) is 0 Å². The van der Waals surface area contributed by atoms with Crippen molar-refractivity contribution in [3.63, 3.8) is 0 Å². The van der Waals surface area contributed by atoms with Crippen LogP contribution in [0.4, 0.5) is 0 Å². The maximum absolute atomic E-state index is 11.8. The highest BCUT2D eigenvalue weighted by atomic mass is 16.6. The van der Waals surface area contributed by atoms with Gasteiger partial charge in [0.05, 0.1) is 6.04 Å². The number of hydrogen-bond acceptors (Lipinski definition) is 8. The van der Waals surface area contributed by atoms with E-state index in [1.807, 2.05) is 4.98 Å². The van der Waals surface area contributed by atoms with Gasteiger partial charge in [-0.1, -0.05) is 0 Å². The van der Waals surface area contributed by atoms with Crippen LogP contribution in [0.2, 0.25) is 0 Å². The molecule has 11 nitrogen and oxygen atoms in total. The van der Waals surface area contributed by atoms with Crippen molar-refractivity contribution in [2.75, 3.05) is 6.54 Å². The fourth-order valence-corrected chi connectivity index (χ4v) is 2.47. The first-order valence-electron chi connectivity index (χ1n) is 7.65. The lowest BCUT2D eigenvalue weighted by atomic mass is 10.1. The molecule has 25 heavy (non-hydrogen) atoms. The van der Waals surface area contributed by atoms with Crippen LogP contribution >= 0.6 is 0 Å². The number of nitrogens with two attached hydrogens (primary N) is 1. The number of rotatable bonds is 7. The third-order valence-corrected chi connectivity index (χ3v) is 3.87. The van der Waals surface area contributed by atoms with Crippen molar-refractivity contribution in [2.45, 2.75) is 43.4 Å². The summed E-state index contributed by atoms with van der Waals surface area (Å²) in [6.07, 6.45) is -2.89. The van der Waals surface area contributed by atoms with E-state index in [1.54, 1.807) is 0 Å². The molecule has 1 fully saturated rings. The molecule has 2 rings (SSSR count). The summed E-state index contributed by atoms with van der Waals surface area (Å²) >= 11 is 0. The molecule has 0 aromatic carbocycles. The first kappa shape index (κ1) is 19.0. The van der Waals surface area contributed by atoms with Crippen molar-refractivity contribution in [3.8, 4) is 0 Å². The molecule has 6 N–H and O–H groups in total. The first-order valence-corrected chi connectivity index (χ1v) is 7.65. The van der Waals surface area contributed by atoms with Gasteiger partial charge in [0.15, 0.2) is 6.23 Å². The Morgan fingerprint density at radius 1 is 1.44 bits per heavy atom. The summed E-state index contributed by atoms with van der Waals surface area (Å²) in [5.74, 6) is -0.531. The maximum Gasteiger partial charge on any atom is 0.330 e. The number of carbonyl (C=O) groups is 2. The Balaban J connectivity index is 2.00. The van der Waals surface area contributed by atoms with Crippen LogP contribution in [0.25, 0.3) is 0 Å². The second kappa shape index (κ2) is 8.16. The summed E-state index contributed by atoms with van der Waals surface area (Å²) < 4.78 is 6.37. The predicted molar refractivity (Wildman–Crippen MR) is 83.5 cm³/mol. The van der Waals surface area contributed by atoms with E-state index in [-0.39, 0.29) is 19.4 Å². The van der Waals surface area contributed by atoms with Gasteiger partial charge in [0.1, 0.15) is 24.6 Å². The molecular formula is C14H20N4O7. The van der Waals surface area contributed by atoms with E-state index in [0.29, 0.717) is 6.29 Å². The Kier molecular flexibility index (Phi) is 6.20. The number of carbonyl (C=O) groups excluding carboxylic acids is 2. The van der Waals surface area contributed by atoms with Gasteiger partial charge >= 0.3 is 5.69 Å². The highest BCUT2D eigenvalue weighted by molar-refractivity contribution is 5.81. The quantitative estimate of drug-likeness (QED) is 0.314. The molecule has 1 aromatic heterocycles. The number of aromatic amines is 1. The molecular weight excluding hydrogens is 336 g/mol. The van der Waals surface area contributed by atoms with Gasteiger partial charge in [-0.2, -0.15) is 0 Å². The van der Waals surface area contributed by atoms with Gasteiger partial charge in [-0.15, -0.1) is 0 Å². The number of ether oxygens (including phenoxy) is 1. The van der Waals surface area contributed by atoms with Crippen LogP contribution in [0.15, 0.2) is 21.9 Å². The monoisotopic (exact) mass is 356 g/mol. The average Bonchev–Trinajstić information content (AvgIpc) is 2.85. The Labute approximate surface area is 141 Å². The summed E-state index contributed by atoms with van der Waals surface area (Å²) in [6.45, 7) is -0.152. The molecule has 1 aliphatic rings. The van der Waals surface area contributed by atoms with E-state index in [9.17, 15) is 29.4 Å². The van der Waals surface area contributed by atoms with Crippen LogP contribution in [-0.2, 0) is 14.3 Å². The minimum Gasteiger partial charge on any atom is -0.387 e. The van der Waals surface area contributed by atoms with Gasteiger partial charge in [-0.05, 0) is 6.42 Å². The average molecular weight is 356 g/mol. The second-order valence-corrected chi connectivity index (χ2v) is 5.66. The van der Waals surface area contributed by atoms with Crippen LogP contribution < -0.4 is 22.3 Å². The summed E-state index contributed by atoms with van der Waals surface area (Å²) in [4.78, 5) is 46.9. The lowest BCUT2D eigenvalue weighted by molar-refractivity contribution is -0.123. The molecule has 1 amide bonds. The number of aliphatic hydroxyl groups excluding tert-OH is 2. The zero-order valence-electron chi connectivity index (χ0n) is 13.2. The molecule has 0 spiro atoms. The normalized spacial score (nSPS) is 27.0. The van der Waals surface area contributed by atoms with Gasteiger partial charge in [0.25, 0.3) is 5.56 Å². The van der Waals surface area contributed by atoms with Crippen molar-refractivity contribution in [2.24, 2.45) is 5.73 Å². The summed E-state index contributed by atoms with van der Waals surface area (Å²) in [7, 11) is 0.